The Morgan fingerprint density at radius 3 is 3.11 bits per heavy atom. The number of hydrogen-bond donors (Lipinski definition) is 2. The largest absolute Gasteiger partial charge is 0.385 e. The Morgan fingerprint density at radius 1 is 1.58 bits per heavy atom. The fourth-order valence-corrected chi connectivity index (χ4v) is 2.28. The van der Waals surface area contributed by atoms with Gasteiger partial charge in [-0.2, -0.15) is 0 Å². The fourth-order valence-electron chi connectivity index (χ4n) is 2.28. The molecule has 1 aromatic rings. The normalized spacial score (nSPS) is 18.3. The molecule has 104 valence electrons. The van der Waals surface area contributed by atoms with Crippen molar-refractivity contribution < 1.29 is 4.79 Å². The van der Waals surface area contributed by atoms with Gasteiger partial charge in [0.1, 0.15) is 5.69 Å². The number of pyridine rings is 1. The first-order valence-electron chi connectivity index (χ1n) is 6.82. The number of anilines is 1. The minimum atomic E-state index is -0.0684. The van der Waals surface area contributed by atoms with Crippen LogP contribution in [0.3, 0.4) is 0 Å². The summed E-state index contributed by atoms with van der Waals surface area (Å²) in [6.07, 6.45) is 5.33. The average Bonchev–Trinajstić information content (AvgIpc) is 2.91. The highest BCUT2D eigenvalue weighted by Gasteiger charge is 2.13. The van der Waals surface area contributed by atoms with Gasteiger partial charge in [0.15, 0.2) is 0 Å². The molecule has 2 rings (SSSR count). The number of hydrogen-bond acceptors (Lipinski definition) is 4. The van der Waals surface area contributed by atoms with Crippen LogP contribution in [0, 0.1) is 0 Å². The first-order chi connectivity index (χ1) is 9.16. The summed E-state index contributed by atoms with van der Waals surface area (Å²) in [6.45, 7) is 2.05. The molecular formula is C14H22N4O. The lowest BCUT2D eigenvalue weighted by atomic mass is 10.1. The van der Waals surface area contributed by atoms with Crippen molar-refractivity contribution in [2.24, 2.45) is 0 Å². The van der Waals surface area contributed by atoms with E-state index >= 15 is 0 Å². The van der Waals surface area contributed by atoms with Crippen molar-refractivity contribution in [2.75, 3.05) is 32.5 Å². The number of aromatic nitrogens is 1. The summed E-state index contributed by atoms with van der Waals surface area (Å²) in [4.78, 5) is 17.4. The summed E-state index contributed by atoms with van der Waals surface area (Å²) < 4.78 is 0. The molecule has 1 saturated heterocycles. The van der Waals surface area contributed by atoms with Crippen LogP contribution in [0.1, 0.15) is 29.8 Å². The second-order valence-electron chi connectivity index (χ2n) is 5.14. The topological polar surface area (TPSA) is 57.3 Å². The molecule has 0 saturated carbocycles. The highest BCUT2D eigenvalue weighted by molar-refractivity contribution is 5.92. The third-order valence-corrected chi connectivity index (χ3v) is 3.37. The van der Waals surface area contributed by atoms with Crippen molar-refractivity contribution in [2.45, 2.75) is 25.3 Å². The lowest BCUT2D eigenvalue weighted by molar-refractivity contribution is 0.0822. The van der Waals surface area contributed by atoms with Gasteiger partial charge < -0.3 is 15.5 Å². The molecular weight excluding hydrogens is 240 g/mol. The first-order valence-corrected chi connectivity index (χ1v) is 6.82. The van der Waals surface area contributed by atoms with E-state index in [9.17, 15) is 4.79 Å². The van der Waals surface area contributed by atoms with Crippen LogP contribution in [-0.2, 0) is 0 Å². The van der Waals surface area contributed by atoms with E-state index in [2.05, 4.69) is 15.6 Å². The van der Waals surface area contributed by atoms with E-state index in [-0.39, 0.29) is 5.91 Å². The minimum absolute atomic E-state index is 0.0684. The molecule has 5 nitrogen and oxygen atoms in total. The molecule has 1 aromatic heterocycles. The summed E-state index contributed by atoms with van der Waals surface area (Å²) in [5.74, 6) is -0.0684. The van der Waals surface area contributed by atoms with Crippen LogP contribution in [-0.4, -0.2) is 49.0 Å². The van der Waals surface area contributed by atoms with Gasteiger partial charge in [0, 0.05) is 38.6 Å². The fraction of sp³-hybridized carbons (Fsp3) is 0.571. The van der Waals surface area contributed by atoms with E-state index < -0.39 is 0 Å². The monoisotopic (exact) mass is 262 g/mol. The van der Waals surface area contributed by atoms with Crippen molar-refractivity contribution in [1.82, 2.24) is 15.2 Å². The number of rotatable bonds is 5. The Bertz CT molecular complexity index is 427. The van der Waals surface area contributed by atoms with Crippen LogP contribution >= 0.6 is 0 Å². The minimum Gasteiger partial charge on any atom is -0.385 e. The van der Waals surface area contributed by atoms with Gasteiger partial charge in [-0.05, 0) is 37.9 Å². The van der Waals surface area contributed by atoms with E-state index in [0.717, 1.165) is 25.2 Å². The maximum absolute atomic E-state index is 11.8. The molecule has 1 atom stereocenters. The predicted molar refractivity (Wildman–Crippen MR) is 76.4 cm³/mol. The molecule has 0 aromatic carbocycles. The van der Waals surface area contributed by atoms with Gasteiger partial charge in [-0.1, -0.05) is 0 Å². The van der Waals surface area contributed by atoms with Crippen molar-refractivity contribution in [3.8, 4) is 0 Å². The molecule has 19 heavy (non-hydrogen) atoms. The standard InChI is InChI=1S/C14H22N4O/c1-18(2)14(19)13-10-12(6-9-17-13)16-8-5-11-4-3-7-15-11/h6,9-11,15H,3-5,7-8H2,1-2H3,(H,16,17). The quantitative estimate of drug-likeness (QED) is 0.840. The van der Waals surface area contributed by atoms with Crippen molar-refractivity contribution in [3.63, 3.8) is 0 Å². The molecule has 1 unspecified atom stereocenters. The molecule has 0 spiro atoms. The lowest BCUT2D eigenvalue weighted by Crippen LogP contribution is -2.24. The van der Waals surface area contributed by atoms with Gasteiger partial charge in [0.2, 0.25) is 0 Å². The van der Waals surface area contributed by atoms with Crippen molar-refractivity contribution in [3.05, 3.63) is 24.0 Å². The van der Waals surface area contributed by atoms with Crippen LogP contribution < -0.4 is 10.6 Å². The summed E-state index contributed by atoms with van der Waals surface area (Å²) in [6, 6.07) is 4.34. The summed E-state index contributed by atoms with van der Waals surface area (Å²) in [5.41, 5.74) is 1.44. The second-order valence-corrected chi connectivity index (χ2v) is 5.14. The van der Waals surface area contributed by atoms with Gasteiger partial charge in [-0.3, -0.25) is 9.78 Å². The SMILES string of the molecule is CN(C)C(=O)c1cc(NCCC2CCCN2)ccn1. The Balaban J connectivity index is 1.86. The van der Waals surface area contributed by atoms with Crippen LogP contribution in [0.2, 0.25) is 0 Å². The summed E-state index contributed by atoms with van der Waals surface area (Å²) >= 11 is 0. The van der Waals surface area contributed by atoms with E-state index in [0.29, 0.717) is 11.7 Å². The molecule has 1 aliphatic rings. The van der Waals surface area contributed by atoms with Crippen LogP contribution in [0.5, 0.6) is 0 Å². The molecule has 2 N–H and O–H groups in total. The van der Waals surface area contributed by atoms with Crippen molar-refractivity contribution >= 4 is 11.6 Å². The number of carbonyl (C=O) groups is 1. The van der Waals surface area contributed by atoms with Gasteiger partial charge >= 0.3 is 0 Å². The van der Waals surface area contributed by atoms with Gasteiger partial charge in [-0.25, -0.2) is 0 Å². The molecule has 1 aliphatic heterocycles. The maximum Gasteiger partial charge on any atom is 0.272 e. The van der Waals surface area contributed by atoms with E-state index in [1.165, 1.54) is 17.7 Å². The molecule has 5 heteroatoms. The third-order valence-electron chi connectivity index (χ3n) is 3.37. The number of nitrogens with one attached hydrogen (secondary N) is 2. The van der Waals surface area contributed by atoms with Gasteiger partial charge in [0.25, 0.3) is 5.91 Å². The first kappa shape index (κ1) is 13.8. The molecule has 1 amide bonds. The van der Waals surface area contributed by atoms with Crippen LogP contribution in [0.15, 0.2) is 18.3 Å². The Hall–Kier alpha value is -1.62. The third kappa shape index (κ3) is 3.92. The molecule has 0 bridgehead atoms. The Labute approximate surface area is 114 Å². The zero-order valence-corrected chi connectivity index (χ0v) is 11.6. The molecule has 1 fully saturated rings. The van der Waals surface area contributed by atoms with Crippen LogP contribution in [0.4, 0.5) is 5.69 Å². The Morgan fingerprint density at radius 2 is 2.42 bits per heavy atom. The Kier molecular flexibility index (Phi) is 4.74. The number of nitrogens with zero attached hydrogens (tertiary/aromatic N) is 2. The van der Waals surface area contributed by atoms with E-state index in [4.69, 9.17) is 0 Å². The molecule has 0 radical (unpaired) electrons. The molecule has 0 aliphatic carbocycles. The van der Waals surface area contributed by atoms with E-state index in [1.807, 2.05) is 12.1 Å². The van der Waals surface area contributed by atoms with E-state index in [1.54, 1.807) is 20.3 Å². The van der Waals surface area contributed by atoms with Gasteiger partial charge in [0.05, 0.1) is 0 Å². The van der Waals surface area contributed by atoms with Crippen LogP contribution in [0.25, 0.3) is 0 Å². The maximum atomic E-state index is 11.8. The number of carbonyl (C=O) groups excluding carboxylic acids is 1. The molecule has 2 heterocycles. The number of amides is 1. The highest BCUT2D eigenvalue weighted by Crippen LogP contribution is 2.12. The highest BCUT2D eigenvalue weighted by atomic mass is 16.2. The summed E-state index contributed by atoms with van der Waals surface area (Å²) in [7, 11) is 3.46. The zero-order chi connectivity index (χ0) is 13.7. The average molecular weight is 262 g/mol. The van der Waals surface area contributed by atoms with Gasteiger partial charge in [-0.15, -0.1) is 0 Å². The summed E-state index contributed by atoms with van der Waals surface area (Å²) in [5, 5.41) is 6.83. The zero-order valence-electron chi connectivity index (χ0n) is 11.6. The van der Waals surface area contributed by atoms with Crippen molar-refractivity contribution in [1.29, 1.82) is 0 Å². The predicted octanol–water partition coefficient (Wildman–Crippen LogP) is 1.34. The second kappa shape index (κ2) is 6.52. The smallest absolute Gasteiger partial charge is 0.272 e. The lowest BCUT2D eigenvalue weighted by Gasteiger charge is -2.13.